The van der Waals surface area contributed by atoms with E-state index >= 15 is 0 Å². The number of nitrogens with one attached hydrogen (secondary N) is 1. The van der Waals surface area contributed by atoms with Crippen molar-refractivity contribution in [2.24, 2.45) is 5.84 Å². The Bertz CT molecular complexity index is 329. The predicted molar refractivity (Wildman–Crippen MR) is 51.1 cm³/mol. The number of amides is 1. The van der Waals surface area contributed by atoms with Crippen molar-refractivity contribution in [3.8, 4) is 0 Å². The van der Waals surface area contributed by atoms with Gasteiger partial charge in [-0.05, 0) is 18.9 Å². The quantitative estimate of drug-likeness (QED) is 0.407. The second-order valence-electron chi connectivity index (χ2n) is 3.60. The van der Waals surface area contributed by atoms with Gasteiger partial charge in [-0.2, -0.15) is 5.10 Å². The first-order valence-corrected chi connectivity index (χ1v) is 4.82. The van der Waals surface area contributed by atoms with Crippen molar-refractivity contribution in [3.63, 3.8) is 0 Å². The molecule has 1 fully saturated rings. The van der Waals surface area contributed by atoms with E-state index in [1.165, 1.54) is 12.8 Å². The van der Waals surface area contributed by atoms with Crippen LogP contribution in [0, 0.1) is 0 Å². The fourth-order valence-corrected chi connectivity index (χ4v) is 1.39. The molecule has 0 atom stereocenters. The Morgan fingerprint density at radius 3 is 3.14 bits per heavy atom. The van der Waals surface area contributed by atoms with Gasteiger partial charge in [-0.1, -0.05) is 0 Å². The van der Waals surface area contributed by atoms with Gasteiger partial charge >= 0.3 is 0 Å². The summed E-state index contributed by atoms with van der Waals surface area (Å²) in [7, 11) is 0. The van der Waals surface area contributed by atoms with Crippen molar-refractivity contribution in [1.29, 1.82) is 0 Å². The van der Waals surface area contributed by atoms with Crippen LogP contribution < -0.4 is 11.3 Å². The monoisotopic (exact) mass is 194 g/mol. The van der Waals surface area contributed by atoms with E-state index in [9.17, 15) is 4.79 Å². The van der Waals surface area contributed by atoms with Crippen molar-refractivity contribution in [1.82, 2.24) is 15.2 Å². The van der Waals surface area contributed by atoms with E-state index in [1.54, 1.807) is 4.68 Å². The number of nitrogens with zero attached hydrogens (tertiary/aromatic N) is 2. The summed E-state index contributed by atoms with van der Waals surface area (Å²) in [6.45, 7) is 0.593. The summed E-state index contributed by atoms with van der Waals surface area (Å²) in [5.41, 5.74) is 3.25. The third kappa shape index (κ3) is 2.11. The molecule has 0 bridgehead atoms. The van der Waals surface area contributed by atoms with E-state index in [0.717, 1.165) is 5.69 Å². The fourth-order valence-electron chi connectivity index (χ4n) is 1.39. The van der Waals surface area contributed by atoms with Crippen LogP contribution in [0.15, 0.2) is 12.3 Å². The van der Waals surface area contributed by atoms with E-state index in [2.05, 4.69) is 10.5 Å². The first kappa shape index (κ1) is 9.21. The molecule has 1 aromatic heterocycles. The predicted octanol–water partition coefficient (Wildman–Crippen LogP) is 0.140. The number of aryl methyl sites for hydroxylation is 1. The molecule has 1 saturated carbocycles. The molecule has 5 nitrogen and oxygen atoms in total. The third-order valence-electron chi connectivity index (χ3n) is 2.39. The Hall–Kier alpha value is -1.36. The van der Waals surface area contributed by atoms with Crippen LogP contribution in [0.3, 0.4) is 0 Å². The molecule has 1 aromatic rings. The summed E-state index contributed by atoms with van der Waals surface area (Å²) in [6, 6.07) is 2.03. The van der Waals surface area contributed by atoms with Crippen molar-refractivity contribution in [2.75, 3.05) is 0 Å². The summed E-state index contributed by atoms with van der Waals surface area (Å²) < 4.78 is 1.79. The molecular formula is C9H14N4O. The zero-order chi connectivity index (χ0) is 9.97. The number of hydrogen-bond acceptors (Lipinski definition) is 3. The largest absolute Gasteiger partial charge is 0.294 e. The van der Waals surface area contributed by atoms with E-state index in [4.69, 9.17) is 5.84 Å². The molecule has 0 aromatic carbocycles. The van der Waals surface area contributed by atoms with Crippen molar-refractivity contribution in [3.05, 3.63) is 18.0 Å². The Morgan fingerprint density at radius 1 is 1.71 bits per heavy atom. The lowest BCUT2D eigenvalue weighted by atomic mass is 10.3. The van der Waals surface area contributed by atoms with Gasteiger partial charge in [0.1, 0.15) is 0 Å². The minimum atomic E-state index is -0.159. The molecule has 1 aliphatic rings. The number of hydrogen-bond donors (Lipinski definition) is 2. The standard InChI is InChI=1S/C9H14N4O/c10-11-9(14)4-6-13-5-3-8(12-13)7-1-2-7/h3,5,7H,1-2,4,6,10H2,(H,11,14). The van der Waals surface area contributed by atoms with E-state index in [0.29, 0.717) is 18.9 Å². The Labute approximate surface area is 82.2 Å². The molecule has 5 heteroatoms. The molecule has 0 spiro atoms. The third-order valence-corrected chi connectivity index (χ3v) is 2.39. The van der Waals surface area contributed by atoms with Gasteiger partial charge in [0.2, 0.25) is 5.91 Å². The van der Waals surface area contributed by atoms with Crippen molar-refractivity contribution in [2.45, 2.75) is 31.7 Å². The van der Waals surface area contributed by atoms with Crippen LogP contribution in [0.5, 0.6) is 0 Å². The summed E-state index contributed by atoms with van der Waals surface area (Å²) in [4.78, 5) is 10.9. The Balaban J connectivity index is 1.86. The minimum Gasteiger partial charge on any atom is -0.294 e. The molecule has 1 aliphatic carbocycles. The topological polar surface area (TPSA) is 72.9 Å². The van der Waals surface area contributed by atoms with Gasteiger partial charge in [0, 0.05) is 25.1 Å². The van der Waals surface area contributed by atoms with Crippen LogP contribution in [-0.4, -0.2) is 15.7 Å². The van der Waals surface area contributed by atoms with Crippen LogP contribution in [-0.2, 0) is 11.3 Å². The highest BCUT2D eigenvalue weighted by molar-refractivity contribution is 5.74. The van der Waals surface area contributed by atoms with Gasteiger partial charge in [0.25, 0.3) is 0 Å². The zero-order valence-corrected chi connectivity index (χ0v) is 7.94. The van der Waals surface area contributed by atoms with E-state index in [1.807, 2.05) is 12.3 Å². The molecule has 1 amide bonds. The molecule has 1 heterocycles. The minimum absolute atomic E-state index is 0.159. The first-order chi connectivity index (χ1) is 6.79. The summed E-state index contributed by atoms with van der Waals surface area (Å²) in [5.74, 6) is 5.48. The second kappa shape index (κ2) is 3.79. The lowest BCUT2D eigenvalue weighted by molar-refractivity contribution is -0.121. The first-order valence-electron chi connectivity index (χ1n) is 4.82. The number of rotatable bonds is 4. The molecule has 14 heavy (non-hydrogen) atoms. The van der Waals surface area contributed by atoms with E-state index < -0.39 is 0 Å². The molecule has 2 rings (SSSR count). The Kier molecular flexibility index (Phi) is 2.49. The normalized spacial score (nSPS) is 15.5. The molecular weight excluding hydrogens is 180 g/mol. The van der Waals surface area contributed by atoms with Crippen molar-refractivity contribution < 1.29 is 4.79 Å². The summed E-state index contributed by atoms with van der Waals surface area (Å²) in [6.07, 6.45) is 4.79. The fraction of sp³-hybridized carbons (Fsp3) is 0.556. The van der Waals surface area contributed by atoms with Gasteiger partial charge in [-0.25, -0.2) is 5.84 Å². The summed E-state index contributed by atoms with van der Waals surface area (Å²) in [5, 5.41) is 4.37. The van der Waals surface area contributed by atoms with Gasteiger partial charge < -0.3 is 0 Å². The van der Waals surface area contributed by atoms with Gasteiger partial charge in [0.05, 0.1) is 5.69 Å². The van der Waals surface area contributed by atoms with Gasteiger partial charge in [0.15, 0.2) is 0 Å². The van der Waals surface area contributed by atoms with Crippen LogP contribution >= 0.6 is 0 Å². The highest BCUT2D eigenvalue weighted by Crippen LogP contribution is 2.38. The van der Waals surface area contributed by atoms with Gasteiger partial charge in [-0.3, -0.25) is 14.9 Å². The highest BCUT2D eigenvalue weighted by Gasteiger charge is 2.25. The maximum atomic E-state index is 10.9. The summed E-state index contributed by atoms with van der Waals surface area (Å²) >= 11 is 0. The number of aromatic nitrogens is 2. The number of carbonyl (C=O) groups is 1. The molecule has 0 radical (unpaired) electrons. The Morgan fingerprint density at radius 2 is 2.50 bits per heavy atom. The van der Waals surface area contributed by atoms with E-state index in [-0.39, 0.29) is 5.91 Å². The maximum Gasteiger partial charge on any atom is 0.235 e. The smallest absolute Gasteiger partial charge is 0.235 e. The SMILES string of the molecule is NNC(=O)CCn1ccc(C2CC2)n1. The molecule has 3 N–H and O–H groups in total. The van der Waals surface area contributed by atoms with Crippen LogP contribution in [0.2, 0.25) is 0 Å². The van der Waals surface area contributed by atoms with Crippen LogP contribution in [0.1, 0.15) is 30.9 Å². The molecule has 0 unspecified atom stereocenters. The number of carbonyl (C=O) groups excluding carboxylic acids is 1. The number of hydrazine groups is 1. The lowest BCUT2D eigenvalue weighted by Gasteiger charge is -1.99. The second-order valence-corrected chi connectivity index (χ2v) is 3.60. The molecule has 0 aliphatic heterocycles. The average molecular weight is 194 g/mol. The molecule has 0 saturated heterocycles. The highest BCUT2D eigenvalue weighted by atomic mass is 16.2. The van der Waals surface area contributed by atoms with Crippen LogP contribution in [0.4, 0.5) is 0 Å². The maximum absolute atomic E-state index is 10.9. The van der Waals surface area contributed by atoms with Crippen molar-refractivity contribution >= 4 is 5.91 Å². The zero-order valence-electron chi connectivity index (χ0n) is 7.94. The lowest BCUT2D eigenvalue weighted by Crippen LogP contribution is -2.30. The van der Waals surface area contributed by atoms with Gasteiger partial charge in [-0.15, -0.1) is 0 Å². The molecule has 76 valence electrons. The average Bonchev–Trinajstić information content (AvgIpc) is 2.95. The van der Waals surface area contributed by atoms with Crippen LogP contribution in [0.25, 0.3) is 0 Å². The number of nitrogens with two attached hydrogens (primary N) is 1.